The number of benzene rings is 3. The van der Waals surface area contributed by atoms with Gasteiger partial charge in [0.2, 0.25) is 0 Å². The summed E-state index contributed by atoms with van der Waals surface area (Å²) < 4.78 is 5.25. The van der Waals surface area contributed by atoms with E-state index < -0.39 is 23.5 Å². The Balaban J connectivity index is 1.66. The normalized spacial score (nSPS) is 16.0. The van der Waals surface area contributed by atoms with Crippen molar-refractivity contribution < 1.29 is 19.4 Å². The van der Waals surface area contributed by atoms with Crippen molar-refractivity contribution in [2.75, 3.05) is 13.7 Å². The first kappa shape index (κ1) is 22.1. The largest absolute Gasteiger partial charge is 0.503 e. The molecule has 0 bridgehead atoms. The Morgan fingerprint density at radius 2 is 1.61 bits per heavy atom. The minimum Gasteiger partial charge on any atom is -0.503 e. The number of hydrogen-bond donors (Lipinski definition) is 1. The van der Waals surface area contributed by atoms with E-state index in [0.29, 0.717) is 18.7 Å². The van der Waals surface area contributed by atoms with Crippen LogP contribution in [0.4, 0.5) is 0 Å². The van der Waals surface area contributed by atoms with Crippen LogP contribution in [0, 0.1) is 0 Å². The molecule has 0 aliphatic carbocycles. The van der Waals surface area contributed by atoms with Crippen molar-refractivity contribution in [3.63, 3.8) is 0 Å². The fourth-order valence-corrected chi connectivity index (χ4v) is 3.99. The first-order valence-electron chi connectivity index (χ1n) is 10.8. The Morgan fingerprint density at radius 3 is 2.24 bits per heavy atom. The first-order chi connectivity index (χ1) is 16.1. The summed E-state index contributed by atoms with van der Waals surface area (Å²) in [5, 5.41) is 10.7. The lowest BCUT2D eigenvalue weighted by atomic mass is 9.95. The van der Waals surface area contributed by atoms with Crippen LogP contribution < -0.4 is 4.74 Å². The van der Waals surface area contributed by atoms with Crippen molar-refractivity contribution in [1.82, 2.24) is 4.90 Å². The fourth-order valence-electron chi connectivity index (χ4n) is 3.99. The lowest BCUT2D eigenvalue weighted by Gasteiger charge is -2.27. The molecule has 0 radical (unpaired) electrons. The van der Waals surface area contributed by atoms with Crippen molar-refractivity contribution in [2.45, 2.75) is 12.5 Å². The Hall–Kier alpha value is -4.12. The molecule has 1 amide bonds. The van der Waals surface area contributed by atoms with Gasteiger partial charge >= 0.3 is 0 Å². The summed E-state index contributed by atoms with van der Waals surface area (Å²) in [5.41, 5.74) is 2.75. The van der Waals surface area contributed by atoms with E-state index in [1.807, 2.05) is 72.8 Å². The highest BCUT2D eigenvalue weighted by atomic mass is 16.5. The van der Waals surface area contributed by atoms with Crippen molar-refractivity contribution in [2.24, 2.45) is 0 Å². The molecule has 1 unspecified atom stereocenters. The molecular formula is C28H25NO4. The van der Waals surface area contributed by atoms with E-state index in [2.05, 4.69) is 0 Å². The zero-order chi connectivity index (χ0) is 23.2. The number of allylic oxidation sites excluding steroid dienone is 1. The Kier molecular flexibility index (Phi) is 6.69. The molecule has 4 rings (SSSR count). The predicted molar refractivity (Wildman–Crippen MR) is 128 cm³/mol. The smallest absolute Gasteiger partial charge is 0.290 e. The zero-order valence-electron chi connectivity index (χ0n) is 18.3. The first-order valence-corrected chi connectivity index (χ1v) is 10.8. The molecule has 0 spiro atoms. The van der Waals surface area contributed by atoms with Gasteiger partial charge in [0.15, 0.2) is 11.5 Å². The number of aliphatic hydroxyl groups is 1. The van der Waals surface area contributed by atoms with Crippen LogP contribution in [-0.2, 0) is 16.0 Å². The fraction of sp³-hybridized carbons (Fsp3) is 0.143. The van der Waals surface area contributed by atoms with Crippen LogP contribution in [0.25, 0.3) is 6.08 Å². The Morgan fingerprint density at radius 1 is 0.970 bits per heavy atom. The average Bonchev–Trinajstić information content (AvgIpc) is 3.12. The predicted octanol–water partition coefficient (Wildman–Crippen LogP) is 4.92. The van der Waals surface area contributed by atoms with E-state index in [9.17, 15) is 14.7 Å². The molecule has 0 saturated heterocycles. The highest BCUT2D eigenvalue weighted by Gasteiger charge is 2.42. The maximum absolute atomic E-state index is 13.2. The van der Waals surface area contributed by atoms with Gasteiger partial charge in [0, 0.05) is 6.54 Å². The van der Waals surface area contributed by atoms with E-state index in [0.717, 1.165) is 16.7 Å². The Bertz CT molecular complexity index is 1180. The van der Waals surface area contributed by atoms with Crippen LogP contribution >= 0.6 is 0 Å². The van der Waals surface area contributed by atoms with Gasteiger partial charge in [-0.2, -0.15) is 0 Å². The molecule has 1 aliphatic rings. The number of aliphatic hydroxyl groups excluding tert-OH is 1. The second kappa shape index (κ2) is 10.0. The van der Waals surface area contributed by atoms with Crippen molar-refractivity contribution in [1.29, 1.82) is 0 Å². The van der Waals surface area contributed by atoms with Crippen molar-refractivity contribution >= 4 is 17.8 Å². The van der Waals surface area contributed by atoms with E-state index >= 15 is 0 Å². The minimum absolute atomic E-state index is 0.0883. The molecule has 1 aliphatic heterocycles. The number of carbonyl (C=O) groups excluding carboxylic acids is 2. The lowest BCUT2D eigenvalue weighted by molar-refractivity contribution is -0.129. The summed E-state index contributed by atoms with van der Waals surface area (Å²) in [7, 11) is 1.58. The van der Waals surface area contributed by atoms with Gasteiger partial charge in [-0.15, -0.1) is 0 Å². The van der Waals surface area contributed by atoms with Crippen LogP contribution in [0.1, 0.15) is 22.7 Å². The molecule has 33 heavy (non-hydrogen) atoms. The summed E-state index contributed by atoms with van der Waals surface area (Å²) in [6.07, 6.45) is 3.70. The highest BCUT2D eigenvalue weighted by molar-refractivity contribution is 6.14. The van der Waals surface area contributed by atoms with Gasteiger partial charge in [0.25, 0.3) is 5.91 Å². The second-order valence-corrected chi connectivity index (χ2v) is 7.78. The van der Waals surface area contributed by atoms with Crippen LogP contribution in [0.5, 0.6) is 5.75 Å². The van der Waals surface area contributed by atoms with Crippen LogP contribution in [-0.4, -0.2) is 35.4 Å². The average molecular weight is 440 g/mol. The van der Waals surface area contributed by atoms with Gasteiger partial charge < -0.3 is 14.7 Å². The highest BCUT2D eigenvalue weighted by Crippen LogP contribution is 2.38. The number of hydrogen-bond acceptors (Lipinski definition) is 4. The zero-order valence-corrected chi connectivity index (χ0v) is 18.3. The van der Waals surface area contributed by atoms with Gasteiger partial charge in [0.05, 0.1) is 18.7 Å². The van der Waals surface area contributed by atoms with Crippen LogP contribution in [0.3, 0.4) is 0 Å². The van der Waals surface area contributed by atoms with Gasteiger partial charge in [-0.05, 0) is 41.3 Å². The summed E-state index contributed by atoms with van der Waals surface area (Å²) in [4.78, 5) is 27.8. The molecule has 1 heterocycles. The molecule has 1 atom stereocenters. The van der Waals surface area contributed by atoms with Gasteiger partial charge in [-0.1, -0.05) is 78.9 Å². The Labute approximate surface area is 193 Å². The molecule has 5 heteroatoms. The third-order valence-corrected chi connectivity index (χ3v) is 5.71. The molecule has 166 valence electrons. The number of nitrogens with zero attached hydrogens (tertiary/aromatic N) is 1. The number of ether oxygens (including phenoxy) is 1. The molecule has 1 N–H and O–H groups in total. The minimum atomic E-state index is -0.681. The maximum Gasteiger partial charge on any atom is 0.290 e. The summed E-state index contributed by atoms with van der Waals surface area (Å²) in [5.74, 6) is -0.758. The summed E-state index contributed by atoms with van der Waals surface area (Å²) in [6.45, 7) is 0.364. The molecular weight excluding hydrogens is 414 g/mol. The molecule has 0 saturated carbocycles. The lowest BCUT2D eigenvalue weighted by Crippen LogP contribution is -2.33. The molecule has 3 aromatic rings. The SMILES string of the molecule is COc1ccc(C2C(C(=O)/C=C/c3ccccc3)=C(O)C(=O)N2CCc2ccccc2)cc1. The summed E-state index contributed by atoms with van der Waals surface area (Å²) in [6, 6.07) is 25.8. The van der Waals surface area contributed by atoms with E-state index in [1.165, 1.54) is 6.08 Å². The molecule has 5 nitrogen and oxygen atoms in total. The molecule has 0 aromatic heterocycles. The number of rotatable bonds is 8. The standard InChI is InChI=1S/C28H25NO4/c1-33-23-15-13-22(14-16-23)26-25(24(30)17-12-20-8-4-2-5-9-20)27(31)28(32)29(26)19-18-21-10-6-3-7-11-21/h2-17,26,31H,18-19H2,1H3/b17-12+. The quantitative estimate of drug-likeness (QED) is 0.506. The topological polar surface area (TPSA) is 66.8 Å². The second-order valence-electron chi connectivity index (χ2n) is 7.78. The van der Waals surface area contributed by atoms with Crippen molar-refractivity contribution in [3.05, 3.63) is 119 Å². The van der Waals surface area contributed by atoms with E-state index in [4.69, 9.17) is 4.74 Å². The van der Waals surface area contributed by atoms with Crippen molar-refractivity contribution in [3.8, 4) is 5.75 Å². The van der Waals surface area contributed by atoms with E-state index in [-0.39, 0.29) is 5.57 Å². The molecule has 3 aromatic carbocycles. The summed E-state index contributed by atoms with van der Waals surface area (Å²) >= 11 is 0. The molecule has 0 fully saturated rings. The van der Waals surface area contributed by atoms with E-state index in [1.54, 1.807) is 30.2 Å². The van der Waals surface area contributed by atoms with Gasteiger partial charge in [-0.3, -0.25) is 9.59 Å². The van der Waals surface area contributed by atoms with Crippen LogP contribution in [0.15, 0.2) is 102 Å². The van der Waals surface area contributed by atoms with Gasteiger partial charge in [-0.25, -0.2) is 0 Å². The third-order valence-electron chi connectivity index (χ3n) is 5.71. The van der Waals surface area contributed by atoms with Gasteiger partial charge in [0.1, 0.15) is 5.75 Å². The number of carbonyl (C=O) groups is 2. The monoisotopic (exact) mass is 439 g/mol. The van der Waals surface area contributed by atoms with Crippen LogP contribution in [0.2, 0.25) is 0 Å². The number of methoxy groups -OCH3 is 1. The third kappa shape index (κ3) is 4.88. The number of ketones is 1. The maximum atomic E-state index is 13.2. The number of amides is 1.